The van der Waals surface area contributed by atoms with Gasteiger partial charge in [-0.1, -0.05) is 58.4 Å². The van der Waals surface area contributed by atoms with E-state index in [1.54, 1.807) is 12.1 Å². The van der Waals surface area contributed by atoms with Gasteiger partial charge in [0.05, 0.1) is 6.10 Å². The van der Waals surface area contributed by atoms with E-state index in [2.05, 4.69) is 13.8 Å². The molecule has 0 heterocycles. The minimum absolute atomic E-state index is 0.118. The summed E-state index contributed by atoms with van der Waals surface area (Å²) in [5, 5.41) is 19.5. The van der Waals surface area contributed by atoms with Crippen LogP contribution in [0, 0.1) is 0 Å². The fourth-order valence-electron chi connectivity index (χ4n) is 2.65. The lowest BCUT2D eigenvalue weighted by atomic mass is 10.0. The molecule has 0 saturated carbocycles. The maximum absolute atomic E-state index is 9.88. The van der Waals surface area contributed by atoms with Crippen molar-refractivity contribution < 1.29 is 14.9 Å². The lowest BCUT2D eigenvalue weighted by molar-refractivity contribution is 0.166. The van der Waals surface area contributed by atoms with Crippen molar-refractivity contribution in [2.24, 2.45) is 0 Å². The van der Waals surface area contributed by atoms with Gasteiger partial charge in [0, 0.05) is 0 Å². The van der Waals surface area contributed by atoms with Gasteiger partial charge in [-0.2, -0.15) is 0 Å². The van der Waals surface area contributed by atoms with Crippen LogP contribution in [-0.2, 0) is 0 Å². The highest BCUT2D eigenvalue weighted by atomic mass is 16.5. The summed E-state index contributed by atoms with van der Waals surface area (Å²) in [6.45, 7) is 4.42. The molecular formula is C19H32O3. The van der Waals surface area contributed by atoms with E-state index in [1.807, 2.05) is 0 Å². The lowest BCUT2D eigenvalue weighted by Crippen LogP contribution is -2.16. The molecule has 1 unspecified atom stereocenters. The maximum Gasteiger partial charge on any atom is 0.200 e. The quantitative estimate of drug-likeness (QED) is 0.380. The van der Waals surface area contributed by atoms with Crippen molar-refractivity contribution in [2.75, 3.05) is 0 Å². The molecule has 1 atom stereocenters. The van der Waals surface area contributed by atoms with Crippen LogP contribution in [0.4, 0.5) is 0 Å². The Balaban J connectivity index is 2.51. The molecule has 0 fully saturated rings. The number of hydrogen-bond donors (Lipinski definition) is 2. The Hall–Kier alpha value is -1.38. The molecule has 0 amide bonds. The van der Waals surface area contributed by atoms with Gasteiger partial charge in [-0.3, -0.25) is 0 Å². The van der Waals surface area contributed by atoms with Gasteiger partial charge in [0.2, 0.25) is 5.75 Å². The zero-order valence-corrected chi connectivity index (χ0v) is 14.2. The largest absolute Gasteiger partial charge is 0.504 e. The molecule has 1 aromatic rings. The van der Waals surface area contributed by atoms with Crippen LogP contribution in [0.5, 0.6) is 17.2 Å². The van der Waals surface area contributed by atoms with E-state index >= 15 is 0 Å². The van der Waals surface area contributed by atoms with Gasteiger partial charge in [-0.15, -0.1) is 0 Å². The van der Waals surface area contributed by atoms with Crippen molar-refractivity contribution in [3.63, 3.8) is 0 Å². The minimum atomic E-state index is -0.144. The Kier molecular flexibility index (Phi) is 9.52. The summed E-state index contributed by atoms with van der Waals surface area (Å²) < 4.78 is 5.97. The van der Waals surface area contributed by atoms with Gasteiger partial charge < -0.3 is 14.9 Å². The second kappa shape index (κ2) is 11.2. The number of unbranched alkanes of at least 4 members (excludes halogenated alkanes) is 6. The molecule has 0 aliphatic heterocycles. The highest BCUT2D eigenvalue weighted by Gasteiger charge is 2.14. The average molecular weight is 308 g/mol. The fourth-order valence-corrected chi connectivity index (χ4v) is 2.65. The number of benzene rings is 1. The Morgan fingerprint density at radius 1 is 0.864 bits per heavy atom. The molecule has 126 valence electrons. The van der Waals surface area contributed by atoms with Crippen molar-refractivity contribution >= 4 is 0 Å². The third kappa shape index (κ3) is 7.06. The Morgan fingerprint density at radius 3 is 2.14 bits per heavy atom. The summed E-state index contributed by atoms with van der Waals surface area (Å²) in [4.78, 5) is 0. The van der Waals surface area contributed by atoms with Gasteiger partial charge in [0.25, 0.3) is 0 Å². The molecule has 0 saturated heterocycles. The monoisotopic (exact) mass is 308 g/mol. The van der Waals surface area contributed by atoms with Crippen molar-refractivity contribution in [3.8, 4) is 17.2 Å². The third-order valence-corrected chi connectivity index (χ3v) is 4.03. The van der Waals surface area contributed by atoms with E-state index < -0.39 is 0 Å². The fraction of sp³-hybridized carbons (Fsp3) is 0.684. The molecule has 0 aromatic heterocycles. The Labute approximate surface area is 135 Å². The summed E-state index contributed by atoms with van der Waals surface area (Å²) in [6.07, 6.45) is 12.0. The SMILES string of the molecule is CCCCCCCC(CCCCC)Oc1cccc(O)c1O. The van der Waals surface area contributed by atoms with E-state index in [0.29, 0.717) is 5.75 Å². The van der Waals surface area contributed by atoms with E-state index in [-0.39, 0.29) is 17.6 Å². The number of para-hydroxylation sites is 1. The summed E-state index contributed by atoms with van der Waals surface area (Å²) in [5.41, 5.74) is 0. The van der Waals surface area contributed by atoms with Gasteiger partial charge in [-0.05, 0) is 37.8 Å². The predicted molar refractivity (Wildman–Crippen MR) is 91.7 cm³/mol. The molecule has 3 heteroatoms. The number of phenolic OH excluding ortho intramolecular Hbond substituents is 2. The van der Waals surface area contributed by atoms with Crippen LogP contribution in [0.15, 0.2) is 18.2 Å². The van der Waals surface area contributed by atoms with Crippen LogP contribution in [0.1, 0.15) is 78.1 Å². The second-order valence-electron chi connectivity index (χ2n) is 6.06. The average Bonchev–Trinajstić information content (AvgIpc) is 2.51. The van der Waals surface area contributed by atoms with Crippen LogP contribution in [-0.4, -0.2) is 16.3 Å². The number of hydrogen-bond acceptors (Lipinski definition) is 3. The summed E-state index contributed by atoms with van der Waals surface area (Å²) in [6, 6.07) is 4.90. The van der Waals surface area contributed by atoms with Crippen molar-refractivity contribution in [1.82, 2.24) is 0 Å². The molecule has 3 nitrogen and oxygen atoms in total. The first kappa shape index (κ1) is 18.7. The highest BCUT2D eigenvalue weighted by Crippen LogP contribution is 2.36. The van der Waals surface area contributed by atoms with E-state index in [0.717, 1.165) is 25.7 Å². The molecule has 0 radical (unpaired) electrons. The molecule has 1 rings (SSSR count). The zero-order chi connectivity index (χ0) is 16.2. The summed E-state index contributed by atoms with van der Waals surface area (Å²) in [5.74, 6) is 0.136. The number of rotatable bonds is 12. The lowest BCUT2D eigenvalue weighted by Gasteiger charge is -2.20. The normalized spacial score (nSPS) is 12.3. The van der Waals surface area contributed by atoms with Crippen LogP contribution in [0.25, 0.3) is 0 Å². The van der Waals surface area contributed by atoms with Gasteiger partial charge in [0.1, 0.15) is 0 Å². The van der Waals surface area contributed by atoms with E-state index in [9.17, 15) is 10.2 Å². The number of phenols is 2. The maximum atomic E-state index is 9.88. The minimum Gasteiger partial charge on any atom is -0.504 e. The van der Waals surface area contributed by atoms with Crippen LogP contribution in [0.3, 0.4) is 0 Å². The molecule has 0 aliphatic rings. The molecule has 0 aliphatic carbocycles. The molecule has 1 aromatic carbocycles. The molecule has 0 bridgehead atoms. The van der Waals surface area contributed by atoms with E-state index in [4.69, 9.17) is 4.74 Å². The standard InChI is InChI=1S/C19H32O3/c1-3-5-7-8-10-13-16(12-9-6-4-2)22-18-15-11-14-17(20)19(18)21/h11,14-16,20-21H,3-10,12-13H2,1-2H3. The van der Waals surface area contributed by atoms with Crippen LogP contribution >= 0.6 is 0 Å². The van der Waals surface area contributed by atoms with Crippen LogP contribution in [0.2, 0.25) is 0 Å². The van der Waals surface area contributed by atoms with Crippen molar-refractivity contribution in [1.29, 1.82) is 0 Å². The molecule has 0 spiro atoms. The van der Waals surface area contributed by atoms with Crippen LogP contribution < -0.4 is 4.74 Å². The van der Waals surface area contributed by atoms with Crippen molar-refractivity contribution in [2.45, 2.75) is 84.2 Å². The van der Waals surface area contributed by atoms with Gasteiger partial charge in [-0.25, -0.2) is 0 Å². The predicted octanol–water partition coefficient (Wildman–Crippen LogP) is 5.79. The molecular weight excluding hydrogens is 276 g/mol. The number of aromatic hydroxyl groups is 2. The second-order valence-corrected chi connectivity index (χ2v) is 6.06. The van der Waals surface area contributed by atoms with E-state index in [1.165, 1.54) is 44.6 Å². The van der Waals surface area contributed by atoms with Gasteiger partial charge >= 0.3 is 0 Å². The zero-order valence-electron chi connectivity index (χ0n) is 14.2. The molecule has 2 N–H and O–H groups in total. The first-order chi connectivity index (χ1) is 10.7. The molecule has 22 heavy (non-hydrogen) atoms. The number of ether oxygens (including phenoxy) is 1. The smallest absolute Gasteiger partial charge is 0.200 e. The first-order valence-electron chi connectivity index (χ1n) is 8.86. The summed E-state index contributed by atoms with van der Waals surface area (Å²) >= 11 is 0. The van der Waals surface area contributed by atoms with Crippen molar-refractivity contribution in [3.05, 3.63) is 18.2 Å². The Bertz CT molecular complexity index is 404. The first-order valence-corrected chi connectivity index (χ1v) is 8.86. The third-order valence-electron chi connectivity index (χ3n) is 4.03. The summed E-state index contributed by atoms with van der Waals surface area (Å²) in [7, 11) is 0. The topological polar surface area (TPSA) is 49.7 Å². The highest BCUT2D eigenvalue weighted by molar-refractivity contribution is 5.48. The van der Waals surface area contributed by atoms with Gasteiger partial charge in [0.15, 0.2) is 11.5 Å². The Morgan fingerprint density at radius 2 is 1.45 bits per heavy atom.